The number of carbonyl (C=O) groups is 1. The predicted molar refractivity (Wildman–Crippen MR) is 74.7 cm³/mol. The van der Waals surface area contributed by atoms with Gasteiger partial charge in [0.25, 0.3) is 0 Å². The van der Waals surface area contributed by atoms with Gasteiger partial charge in [0.2, 0.25) is 11.8 Å². The molecule has 0 radical (unpaired) electrons. The van der Waals surface area contributed by atoms with E-state index in [9.17, 15) is 4.79 Å². The molecule has 1 aromatic heterocycles. The number of rotatable bonds is 4. The molecule has 1 N–H and O–H groups in total. The Kier molecular flexibility index (Phi) is 4.52. The third-order valence-electron chi connectivity index (χ3n) is 3.92. The van der Waals surface area contributed by atoms with Crippen molar-refractivity contribution in [3.8, 4) is 0 Å². The Labute approximate surface area is 123 Å². The summed E-state index contributed by atoms with van der Waals surface area (Å²) in [6.45, 7) is 5.36. The van der Waals surface area contributed by atoms with Crippen LogP contribution >= 0.6 is 0 Å². The zero-order chi connectivity index (χ0) is 14.7. The molecular formula is C14H21N3O4. The monoisotopic (exact) mass is 295 g/mol. The predicted octanol–water partition coefficient (Wildman–Crippen LogP) is 1.01. The van der Waals surface area contributed by atoms with Crippen LogP contribution < -0.4 is 5.32 Å². The van der Waals surface area contributed by atoms with E-state index in [-0.39, 0.29) is 12.2 Å². The van der Waals surface area contributed by atoms with Crippen LogP contribution in [-0.4, -0.2) is 55.1 Å². The van der Waals surface area contributed by atoms with Crippen molar-refractivity contribution in [1.82, 2.24) is 10.1 Å². The molecule has 2 fully saturated rings. The lowest BCUT2D eigenvalue weighted by Gasteiger charge is -2.33. The third-order valence-corrected chi connectivity index (χ3v) is 3.92. The molecule has 2 aliphatic heterocycles. The Morgan fingerprint density at radius 2 is 2.10 bits per heavy atom. The summed E-state index contributed by atoms with van der Waals surface area (Å²) in [6.07, 6.45) is 1.96. The minimum absolute atomic E-state index is 0.0434. The van der Waals surface area contributed by atoms with Crippen LogP contribution in [0.2, 0.25) is 0 Å². The topological polar surface area (TPSA) is 76.8 Å². The maximum absolute atomic E-state index is 11.9. The highest BCUT2D eigenvalue weighted by Gasteiger charge is 2.30. The first kappa shape index (κ1) is 14.5. The van der Waals surface area contributed by atoms with Crippen molar-refractivity contribution in [2.75, 3.05) is 38.2 Å². The Balaban J connectivity index is 1.41. The van der Waals surface area contributed by atoms with Crippen LogP contribution in [0.15, 0.2) is 10.6 Å². The normalized spacial score (nSPS) is 21.8. The number of nitrogens with zero attached hydrogens (tertiary/aromatic N) is 2. The fraction of sp³-hybridized carbons (Fsp3) is 0.714. The van der Waals surface area contributed by atoms with Crippen molar-refractivity contribution >= 4 is 11.8 Å². The fourth-order valence-electron chi connectivity index (χ4n) is 2.83. The lowest BCUT2D eigenvalue weighted by molar-refractivity contribution is -0.119. The quantitative estimate of drug-likeness (QED) is 0.893. The number of ether oxygens (including phenoxy) is 2. The van der Waals surface area contributed by atoms with Gasteiger partial charge in [-0.25, -0.2) is 0 Å². The van der Waals surface area contributed by atoms with Crippen LogP contribution in [-0.2, 0) is 14.3 Å². The zero-order valence-corrected chi connectivity index (χ0v) is 12.2. The van der Waals surface area contributed by atoms with Gasteiger partial charge >= 0.3 is 0 Å². The van der Waals surface area contributed by atoms with E-state index in [4.69, 9.17) is 14.0 Å². The first-order chi connectivity index (χ1) is 10.2. The lowest BCUT2D eigenvalue weighted by atomic mass is 9.96. The SMILES string of the molecule is Cc1cc(NC(=O)CN2CCC(C3OCCO3)CC2)on1. The molecule has 0 spiro atoms. The third kappa shape index (κ3) is 3.81. The van der Waals surface area contributed by atoms with Gasteiger partial charge in [0, 0.05) is 12.0 Å². The van der Waals surface area contributed by atoms with Gasteiger partial charge in [0.1, 0.15) is 0 Å². The van der Waals surface area contributed by atoms with Gasteiger partial charge in [-0.2, -0.15) is 0 Å². The van der Waals surface area contributed by atoms with E-state index in [1.807, 2.05) is 6.92 Å². The summed E-state index contributed by atoms with van der Waals surface area (Å²) in [4.78, 5) is 14.1. The molecule has 1 amide bonds. The fourth-order valence-corrected chi connectivity index (χ4v) is 2.83. The molecule has 0 atom stereocenters. The van der Waals surface area contributed by atoms with Crippen LogP contribution in [0.3, 0.4) is 0 Å². The van der Waals surface area contributed by atoms with Crippen molar-refractivity contribution in [2.24, 2.45) is 5.92 Å². The number of aryl methyl sites for hydroxylation is 1. The molecule has 7 heteroatoms. The molecule has 0 unspecified atom stereocenters. The van der Waals surface area contributed by atoms with Crippen LogP contribution in [0.5, 0.6) is 0 Å². The van der Waals surface area contributed by atoms with Crippen molar-refractivity contribution in [2.45, 2.75) is 26.1 Å². The summed E-state index contributed by atoms with van der Waals surface area (Å²) in [7, 11) is 0. The molecule has 2 aliphatic rings. The van der Waals surface area contributed by atoms with Gasteiger partial charge in [-0.3, -0.25) is 15.0 Å². The van der Waals surface area contributed by atoms with Gasteiger partial charge in [-0.15, -0.1) is 0 Å². The van der Waals surface area contributed by atoms with Crippen molar-refractivity contribution in [3.63, 3.8) is 0 Å². The van der Waals surface area contributed by atoms with E-state index in [0.29, 0.717) is 31.6 Å². The molecule has 116 valence electrons. The second-order valence-corrected chi connectivity index (χ2v) is 5.60. The van der Waals surface area contributed by atoms with Crippen LogP contribution in [0.25, 0.3) is 0 Å². The molecule has 7 nitrogen and oxygen atoms in total. The number of likely N-dealkylation sites (tertiary alicyclic amines) is 1. The summed E-state index contributed by atoms with van der Waals surface area (Å²) in [5, 5.41) is 6.46. The molecule has 3 rings (SSSR count). The number of piperidine rings is 1. The molecular weight excluding hydrogens is 274 g/mol. The minimum atomic E-state index is -0.0713. The zero-order valence-electron chi connectivity index (χ0n) is 12.2. The molecule has 0 saturated carbocycles. The van der Waals surface area contributed by atoms with Crippen molar-refractivity contribution in [3.05, 3.63) is 11.8 Å². The molecule has 21 heavy (non-hydrogen) atoms. The Hall–Kier alpha value is -1.44. The summed E-state index contributed by atoms with van der Waals surface area (Å²) in [5.41, 5.74) is 0.752. The average Bonchev–Trinajstić information content (AvgIpc) is 3.11. The number of nitrogens with one attached hydrogen (secondary N) is 1. The van der Waals surface area contributed by atoms with E-state index in [2.05, 4.69) is 15.4 Å². The van der Waals surface area contributed by atoms with Gasteiger partial charge in [-0.05, 0) is 32.9 Å². The molecule has 1 aromatic rings. The summed E-state index contributed by atoms with van der Waals surface area (Å²) in [5.74, 6) is 0.779. The molecule has 0 aliphatic carbocycles. The first-order valence-corrected chi connectivity index (χ1v) is 7.39. The maximum atomic E-state index is 11.9. The number of hydrogen-bond donors (Lipinski definition) is 1. The van der Waals surface area contributed by atoms with E-state index in [0.717, 1.165) is 31.6 Å². The molecule has 2 saturated heterocycles. The largest absolute Gasteiger partial charge is 0.350 e. The number of anilines is 1. The molecule has 3 heterocycles. The van der Waals surface area contributed by atoms with E-state index in [1.165, 1.54) is 0 Å². The molecule has 0 aromatic carbocycles. The van der Waals surface area contributed by atoms with Crippen LogP contribution in [0.4, 0.5) is 5.88 Å². The summed E-state index contributed by atoms with van der Waals surface area (Å²) >= 11 is 0. The number of carbonyl (C=O) groups excluding carboxylic acids is 1. The highest BCUT2D eigenvalue weighted by molar-refractivity contribution is 5.90. The summed E-state index contributed by atoms with van der Waals surface area (Å²) < 4.78 is 16.1. The van der Waals surface area contributed by atoms with Gasteiger partial charge in [-0.1, -0.05) is 5.16 Å². The maximum Gasteiger partial charge on any atom is 0.240 e. The van der Waals surface area contributed by atoms with Crippen LogP contribution in [0.1, 0.15) is 18.5 Å². The molecule has 0 bridgehead atoms. The van der Waals surface area contributed by atoms with E-state index in [1.54, 1.807) is 6.07 Å². The Bertz CT molecular complexity index is 476. The highest BCUT2D eigenvalue weighted by atomic mass is 16.7. The van der Waals surface area contributed by atoms with Gasteiger partial charge < -0.3 is 14.0 Å². The van der Waals surface area contributed by atoms with Crippen LogP contribution in [0, 0.1) is 12.8 Å². The first-order valence-electron chi connectivity index (χ1n) is 7.39. The second kappa shape index (κ2) is 6.55. The van der Waals surface area contributed by atoms with Gasteiger partial charge in [0.15, 0.2) is 6.29 Å². The average molecular weight is 295 g/mol. The van der Waals surface area contributed by atoms with Gasteiger partial charge in [0.05, 0.1) is 25.5 Å². The van der Waals surface area contributed by atoms with E-state index >= 15 is 0 Å². The smallest absolute Gasteiger partial charge is 0.240 e. The summed E-state index contributed by atoms with van der Waals surface area (Å²) in [6, 6.07) is 1.71. The van der Waals surface area contributed by atoms with E-state index < -0.39 is 0 Å². The number of aromatic nitrogens is 1. The minimum Gasteiger partial charge on any atom is -0.350 e. The number of amides is 1. The Morgan fingerprint density at radius 1 is 1.38 bits per heavy atom. The second-order valence-electron chi connectivity index (χ2n) is 5.60. The Morgan fingerprint density at radius 3 is 2.71 bits per heavy atom. The number of hydrogen-bond acceptors (Lipinski definition) is 6. The lowest BCUT2D eigenvalue weighted by Crippen LogP contribution is -2.41. The van der Waals surface area contributed by atoms with Crippen molar-refractivity contribution in [1.29, 1.82) is 0 Å². The standard InChI is InChI=1S/C14H21N3O4/c1-10-8-13(21-16-10)15-12(18)9-17-4-2-11(3-5-17)14-19-6-7-20-14/h8,11,14H,2-7,9H2,1H3,(H,15,18). The highest BCUT2D eigenvalue weighted by Crippen LogP contribution is 2.25. The van der Waals surface area contributed by atoms with Crippen molar-refractivity contribution < 1.29 is 18.8 Å².